The molecular formula is C13H29NO4. The molecule has 1 N–H and O–H groups in total. The van der Waals surface area contributed by atoms with Crippen LogP contribution in [0.5, 0.6) is 0 Å². The van der Waals surface area contributed by atoms with Crippen LogP contribution in [0.1, 0.15) is 13.8 Å². The molecule has 0 heterocycles. The highest BCUT2D eigenvalue weighted by atomic mass is 16.5. The maximum absolute atomic E-state index is 9.88. The number of rotatable bonds is 12. The van der Waals surface area contributed by atoms with Crippen LogP contribution in [0.15, 0.2) is 0 Å². The average Bonchev–Trinajstić information content (AvgIpc) is 2.31. The molecule has 0 aliphatic rings. The molecule has 0 aromatic carbocycles. The molecule has 0 amide bonds. The summed E-state index contributed by atoms with van der Waals surface area (Å²) in [5, 5.41) is 9.88. The SMILES string of the molecule is COCCOCC(O)CN(CCOC)CC(C)C. The van der Waals surface area contributed by atoms with E-state index in [-0.39, 0.29) is 0 Å². The molecule has 18 heavy (non-hydrogen) atoms. The molecule has 1 atom stereocenters. The van der Waals surface area contributed by atoms with E-state index in [1.54, 1.807) is 14.2 Å². The quantitative estimate of drug-likeness (QED) is 0.523. The minimum absolute atomic E-state index is 0.352. The average molecular weight is 263 g/mol. The lowest BCUT2D eigenvalue weighted by Gasteiger charge is -2.26. The van der Waals surface area contributed by atoms with Crippen molar-refractivity contribution in [3.8, 4) is 0 Å². The zero-order valence-electron chi connectivity index (χ0n) is 12.2. The fourth-order valence-corrected chi connectivity index (χ4v) is 1.71. The Labute approximate surface area is 111 Å². The Hall–Kier alpha value is -0.200. The second kappa shape index (κ2) is 11.9. The largest absolute Gasteiger partial charge is 0.389 e. The summed E-state index contributed by atoms with van der Waals surface area (Å²) in [6, 6.07) is 0. The van der Waals surface area contributed by atoms with E-state index in [4.69, 9.17) is 14.2 Å². The van der Waals surface area contributed by atoms with Crippen LogP contribution in [-0.2, 0) is 14.2 Å². The number of nitrogens with zero attached hydrogens (tertiary/aromatic N) is 1. The van der Waals surface area contributed by atoms with E-state index in [2.05, 4.69) is 18.7 Å². The van der Waals surface area contributed by atoms with E-state index in [0.29, 0.717) is 38.9 Å². The van der Waals surface area contributed by atoms with Crippen LogP contribution in [0.4, 0.5) is 0 Å². The highest BCUT2D eigenvalue weighted by Gasteiger charge is 2.13. The van der Waals surface area contributed by atoms with Crippen LogP contribution >= 0.6 is 0 Å². The monoisotopic (exact) mass is 263 g/mol. The minimum atomic E-state index is -0.461. The zero-order valence-corrected chi connectivity index (χ0v) is 12.2. The van der Waals surface area contributed by atoms with Crippen LogP contribution in [-0.4, -0.2) is 76.4 Å². The van der Waals surface area contributed by atoms with E-state index in [1.807, 2.05) is 0 Å². The van der Waals surface area contributed by atoms with Crippen LogP contribution in [0.25, 0.3) is 0 Å². The Morgan fingerprint density at radius 3 is 2.22 bits per heavy atom. The van der Waals surface area contributed by atoms with E-state index in [1.165, 1.54) is 0 Å². The summed E-state index contributed by atoms with van der Waals surface area (Å²) in [4.78, 5) is 2.21. The van der Waals surface area contributed by atoms with Gasteiger partial charge in [-0.05, 0) is 5.92 Å². The second-order valence-corrected chi connectivity index (χ2v) is 4.87. The van der Waals surface area contributed by atoms with Gasteiger partial charge in [0.2, 0.25) is 0 Å². The molecule has 5 heteroatoms. The molecule has 0 aromatic heterocycles. The number of ether oxygens (including phenoxy) is 3. The molecule has 1 unspecified atom stereocenters. The number of aliphatic hydroxyl groups is 1. The lowest BCUT2D eigenvalue weighted by molar-refractivity contribution is -0.00454. The molecule has 0 bridgehead atoms. The summed E-state index contributed by atoms with van der Waals surface area (Å²) < 4.78 is 15.3. The van der Waals surface area contributed by atoms with E-state index in [9.17, 15) is 5.11 Å². The molecule has 0 fully saturated rings. The van der Waals surface area contributed by atoms with Gasteiger partial charge in [0, 0.05) is 33.9 Å². The molecule has 110 valence electrons. The van der Waals surface area contributed by atoms with Gasteiger partial charge < -0.3 is 19.3 Å². The van der Waals surface area contributed by atoms with Gasteiger partial charge in [-0.1, -0.05) is 13.8 Å². The smallest absolute Gasteiger partial charge is 0.0900 e. The maximum atomic E-state index is 9.88. The first-order chi connectivity index (χ1) is 8.60. The lowest BCUT2D eigenvalue weighted by atomic mass is 10.2. The standard InChI is InChI=1S/C13H29NO4/c1-12(2)9-14(5-6-16-3)10-13(15)11-18-8-7-17-4/h12-13,15H,5-11H2,1-4H3. The Kier molecular flexibility index (Phi) is 11.7. The van der Waals surface area contributed by atoms with Gasteiger partial charge in [0.05, 0.1) is 32.5 Å². The minimum Gasteiger partial charge on any atom is -0.389 e. The number of hydrogen-bond donors (Lipinski definition) is 1. The van der Waals surface area contributed by atoms with Gasteiger partial charge in [0.15, 0.2) is 0 Å². The van der Waals surface area contributed by atoms with Gasteiger partial charge in [-0.15, -0.1) is 0 Å². The van der Waals surface area contributed by atoms with Crippen molar-refractivity contribution in [3.63, 3.8) is 0 Å². The summed E-state index contributed by atoms with van der Waals surface area (Å²) in [5.41, 5.74) is 0. The molecule has 5 nitrogen and oxygen atoms in total. The first-order valence-electron chi connectivity index (χ1n) is 6.56. The van der Waals surface area contributed by atoms with Gasteiger partial charge in [-0.25, -0.2) is 0 Å². The van der Waals surface area contributed by atoms with Crippen molar-refractivity contribution in [1.82, 2.24) is 4.90 Å². The third-order valence-corrected chi connectivity index (χ3v) is 2.45. The Morgan fingerprint density at radius 2 is 1.67 bits per heavy atom. The van der Waals surface area contributed by atoms with Gasteiger partial charge in [0.1, 0.15) is 0 Å². The van der Waals surface area contributed by atoms with Crippen molar-refractivity contribution in [3.05, 3.63) is 0 Å². The fraction of sp³-hybridized carbons (Fsp3) is 1.00. The van der Waals surface area contributed by atoms with Crippen LogP contribution in [0, 0.1) is 5.92 Å². The first kappa shape index (κ1) is 17.8. The summed E-state index contributed by atoms with van der Waals surface area (Å²) in [6.45, 7) is 8.87. The highest BCUT2D eigenvalue weighted by molar-refractivity contribution is 4.66. The normalized spacial score (nSPS) is 13.5. The Morgan fingerprint density at radius 1 is 1.00 bits per heavy atom. The number of methoxy groups -OCH3 is 2. The zero-order chi connectivity index (χ0) is 13.8. The van der Waals surface area contributed by atoms with Crippen LogP contribution in [0.3, 0.4) is 0 Å². The molecule has 0 radical (unpaired) electrons. The number of aliphatic hydroxyl groups excluding tert-OH is 1. The Bertz CT molecular complexity index is 178. The highest BCUT2D eigenvalue weighted by Crippen LogP contribution is 2.01. The van der Waals surface area contributed by atoms with Crippen molar-refractivity contribution in [2.45, 2.75) is 20.0 Å². The van der Waals surface area contributed by atoms with E-state index in [0.717, 1.165) is 13.1 Å². The van der Waals surface area contributed by atoms with Crippen LogP contribution < -0.4 is 0 Å². The molecule has 0 saturated heterocycles. The number of hydrogen-bond acceptors (Lipinski definition) is 5. The molecule has 0 aliphatic heterocycles. The molecule has 0 spiro atoms. The third-order valence-electron chi connectivity index (χ3n) is 2.45. The lowest BCUT2D eigenvalue weighted by Crippen LogP contribution is -2.39. The molecule has 0 rings (SSSR count). The topological polar surface area (TPSA) is 51.2 Å². The van der Waals surface area contributed by atoms with Crippen molar-refractivity contribution in [2.24, 2.45) is 5.92 Å². The summed E-state index contributed by atoms with van der Waals surface area (Å²) in [7, 11) is 3.33. The summed E-state index contributed by atoms with van der Waals surface area (Å²) in [5.74, 6) is 0.573. The maximum Gasteiger partial charge on any atom is 0.0900 e. The van der Waals surface area contributed by atoms with Gasteiger partial charge in [-0.3, -0.25) is 4.90 Å². The van der Waals surface area contributed by atoms with Crippen molar-refractivity contribution >= 4 is 0 Å². The van der Waals surface area contributed by atoms with E-state index >= 15 is 0 Å². The molecular weight excluding hydrogens is 234 g/mol. The predicted octanol–water partition coefficient (Wildman–Crippen LogP) is 0.615. The predicted molar refractivity (Wildman–Crippen MR) is 71.9 cm³/mol. The summed E-state index contributed by atoms with van der Waals surface area (Å²) in [6.07, 6.45) is -0.461. The van der Waals surface area contributed by atoms with Gasteiger partial charge >= 0.3 is 0 Å². The van der Waals surface area contributed by atoms with Crippen LogP contribution in [0.2, 0.25) is 0 Å². The van der Waals surface area contributed by atoms with Crippen molar-refractivity contribution < 1.29 is 19.3 Å². The molecule has 0 aromatic rings. The third kappa shape index (κ3) is 10.9. The first-order valence-corrected chi connectivity index (χ1v) is 6.56. The van der Waals surface area contributed by atoms with Gasteiger partial charge in [-0.2, -0.15) is 0 Å². The van der Waals surface area contributed by atoms with Gasteiger partial charge in [0.25, 0.3) is 0 Å². The fourth-order valence-electron chi connectivity index (χ4n) is 1.71. The Balaban J connectivity index is 3.81. The molecule has 0 aliphatic carbocycles. The summed E-state index contributed by atoms with van der Waals surface area (Å²) >= 11 is 0. The molecule has 0 saturated carbocycles. The van der Waals surface area contributed by atoms with E-state index < -0.39 is 6.10 Å². The van der Waals surface area contributed by atoms with Crippen molar-refractivity contribution in [1.29, 1.82) is 0 Å². The van der Waals surface area contributed by atoms with Crippen molar-refractivity contribution in [2.75, 3.05) is 60.3 Å². The second-order valence-electron chi connectivity index (χ2n) is 4.87.